The molecule has 1 amide bonds. The highest BCUT2D eigenvalue weighted by atomic mass is 35.5. The topological polar surface area (TPSA) is 59.1 Å². The average Bonchev–Trinajstić information content (AvgIpc) is 3.33. The number of carbonyl (C=O) groups excluding carboxylic acids is 1. The largest absolute Gasteiger partial charge is 0.395 e. The maximum absolute atomic E-state index is 15.0. The molecule has 2 N–H and O–H groups in total. The van der Waals surface area contributed by atoms with Gasteiger partial charge in [-0.25, -0.2) is 8.78 Å². The van der Waals surface area contributed by atoms with E-state index in [1.165, 1.54) is 12.1 Å². The van der Waals surface area contributed by atoms with E-state index in [0.717, 1.165) is 12.8 Å². The Morgan fingerprint density at radius 2 is 1.79 bits per heavy atom. The number of hydrogen-bond donors (Lipinski definition) is 2. The van der Waals surface area contributed by atoms with Gasteiger partial charge in [-0.1, -0.05) is 17.7 Å². The van der Waals surface area contributed by atoms with Crippen molar-refractivity contribution in [3.05, 3.63) is 58.1 Å². The SMILES string of the molecule is O=C(Nc1ccc(Cl)cc1N1CCN(CCC(F)(F)F)CC1)c1ccc(CN2CCCC2CO)c(F)c1F. The Hall–Kier alpha value is -2.47. The van der Waals surface area contributed by atoms with Crippen LogP contribution in [0, 0.1) is 11.6 Å². The van der Waals surface area contributed by atoms with Gasteiger partial charge in [0.2, 0.25) is 0 Å². The van der Waals surface area contributed by atoms with Crippen LogP contribution >= 0.6 is 11.6 Å². The van der Waals surface area contributed by atoms with E-state index in [0.29, 0.717) is 49.1 Å². The van der Waals surface area contributed by atoms with Crippen LogP contribution in [0.25, 0.3) is 0 Å². The van der Waals surface area contributed by atoms with Gasteiger partial charge in [0.15, 0.2) is 11.6 Å². The number of nitrogens with one attached hydrogen (secondary N) is 1. The van der Waals surface area contributed by atoms with E-state index in [1.54, 1.807) is 23.1 Å². The minimum absolute atomic E-state index is 0.0589. The van der Waals surface area contributed by atoms with E-state index >= 15 is 0 Å². The maximum atomic E-state index is 15.0. The number of likely N-dealkylation sites (tertiary alicyclic amines) is 1. The zero-order chi connectivity index (χ0) is 27.4. The molecule has 12 heteroatoms. The lowest BCUT2D eigenvalue weighted by Gasteiger charge is -2.37. The summed E-state index contributed by atoms with van der Waals surface area (Å²) in [6.07, 6.45) is -3.45. The normalized spacial score (nSPS) is 19.2. The molecule has 1 unspecified atom stereocenters. The Kier molecular flexibility index (Phi) is 9.12. The molecule has 0 saturated carbocycles. The van der Waals surface area contributed by atoms with Gasteiger partial charge >= 0.3 is 6.18 Å². The van der Waals surface area contributed by atoms with E-state index in [-0.39, 0.29) is 31.3 Å². The van der Waals surface area contributed by atoms with Crippen molar-refractivity contribution in [3.63, 3.8) is 0 Å². The van der Waals surface area contributed by atoms with Gasteiger partial charge in [0.25, 0.3) is 5.91 Å². The highest BCUT2D eigenvalue weighted by Crippen LogP contribution is 2.32. The molecule has 208 valence electrons. The second-order valence-electron chi connectivity index (χ2n) is 9.66. The van der Waals surface area contributed by atoms with E-state index in [4.69, 9.17) is 11.6 Å². The fourth-order valence-electron chi connectivity index (χ4n) is 4.97. The molecule has 0 aliphatic carbocycles. The predicted octanol–water partition coefficient (Wildman–Crippen LogP) is 4.90. The minimum Gasteiger partial charge on any atom is -0.395 e. The van der Waals surface area contributed by atoms with Crippen LogP contribution in [-0.2, 0) is 6.54 Å². The molecule has 2 aromatic rings. The average molecular weight is 561 g/mol. The number of nitrogens with zero attached hydrogens (tertiary/aromatic N) is 3. The molecule has 2 fully saturated rings. The van der Waals surface area contributed by atoms with Gasteiger partial charge in [-0.3, -0.25) is 14.6 Å². The van der Waals surface area contributed by atoms with Crippen LogP contribution in [-0.4, -0.2) is 78.9 Å². The van der Waals surface area contributed by atoms with Gasteiger partial charge in [0, 0.05) is 55.9 Å². The van der Waals surface area contributed by atoms with Crippen LogP contribution in [0.15, 0.2) is 30.3 Å². The van der Waals surface area contributed by atoms with Gasteiger partial charge in [0.05, 0.1) is 30.0 Å². The second-order valence-corrected chi connectivity index (χ2v) is 10.1. The van der Waals surface area contributed by atoms with Gasteiger partial charge in [-0.2, -0.15) is 13.2 Å². The quantitative estimate of drug-likeness (QED) is 0.450. The minimum atomic E-state index is -4.22. The number of anilines is 2. The molecule has 4 rings (SSSR count). The molecule has 0 spiro atoms. The summed E-state index contributed by atoms with van der Waals surface area (Å²) in [4.78, 5) is 18.5. The second kappa shape index (κ2) is 12.1. The molecular formula is C26H30ClF5N4O2. The van der Waals surface area contributed by atoms with Gasteiger partial charge in [0.1, 0.15) is 0 Å². The van der Waals surface area contributed by atoms with E-state index in [2.05, 4.69) is 5.32 Å². The van der Waals surface area contributed by atoms with Crippen molar-refractivity contribution in [2.75, 3.05) is 56.1 Å². The van der Waals surface area contributed by atoms with E-state index < -0.39 is 35.7 Å². The van der Waals surface area contributed by atoms with Gasteiger partial charge in [-0.15, -0.1) is 0 Å². The van der Waals surface area contributed by atoms with Crippen LogP contribution in [0.5, 0.6) is 0 Å². The number of alkyl halides is 3. The number of aliphatic hydroxyl groups excluding tert-OH is 1. The van der Waals surface area contributed by atoms with Gasteiger partial charge in [-0.05, 0) is 43.7 Å². The first-order valence-corrected chi connectivity index (χ1v) is 12.9. The molecular weight excluding hydrogens is 531 g/mol. The fraction of sp³-hybridized carbons (Fsp3) is 0.500. The molecule has 6 nitrogen and oxygen atoms in total. The zero-order valence-electron chi connectivity index (χ0n) is 20.7. The van der Waals surface area contributed by atoms with Crippen molar-refractivity contribution in [2.45, 2.75) is 38.0 Å². The first-order chi connectivity index (χ1) is 18.1. The highest BCUT2D eigenvalue weighted by Gasteiger charge is 2.30. The fourth-order valence-corrected chi connectivity index (χ4v) is 5.14. The van der Waals surface area contributed by atoms with Crippen LogP contribution in [0.4, 0.5) is 33.3 Å². The third-order valence-corrected chi connectivity index (χ3v) is 7.36. The number of rotatable bonds is 8. The van der Waals surface area contributed by atoms with E-state index in [1.807, 2.05) is 9.80 Å². The number of benzene rings is 2. The molecule has 0 aromatic heterocycles. The van der Waals surface area contributed by atoms with Crippen molar-refractivity contribution in [1.82, 2.24) is 9.80 Å². The van der Waals surface area contributed by atoms with Crippen LogP contribution in [0.2, 0.25) is 5.02 Å². The summed E-state index contributed by atoms with van der Waals surface area (Å²) < 4.78 is 67.5. The zero-order valence-corrected chi connectivity index (χ0v) is 21.5. The van der Waals surface area contributed by atoms with Gasteiger partial charge < -0.3 is 15.3 Å². The monoisotopic (exact) mass is 560 g/mol. The number of hydrogen-bond acceptors (Lipinski definition) is 5. The van der Waals surface area contributed by atoms with Crippen molar-refractivity contribution >= 4 is 28.9 Å². The number of aliphatic hydroxyl groups is 1. The number of piperazine rings is 1. The Morgan fingerprint density at radius 1 is 1.05 bits per heavy atom. The summed E-state index contributed by atoms with van der Waals surface area (Å²) in [7, 11) is 0. The third-order valence-electron chi connectivity index (χ3n) is 7.12. The molecule has 2 aliphatic rings. The molecule has 2 aromatic carbocycles. The number of amides is 1. The summed E-state index contributed by atoms with van der Waals surface area (Å²) in [5, 5.41) is 12.5. The van der Waals surface area contributed by atoms with Crippen LogP contribution in [0.1, 0.15) is 35.2 Å². The Morgan fingerprint density at radius 3 is 2.47 bits per heavy atom. The van der Waals surface area contributed by atoms with Crippen LogP contribution in [0.3, 0.4) is 0 Å². The molecule has 2 heterocycles. The van der Waals surface area contributed by atoms with E-state index in [9.17, 15) is 31.9 Å². The number of halogens is 6. The molecule has 2 saturated heterocycles. The lowest BCUT2D eigenvalue weighted by atomic mass is 10.1. The lowest BCUT2D eigenvalue weighted by Crippen LogP contribution is -2.47. The summed E-state index contributed by atoms with van der Waals surface area (Å²) in [6, 6.07) is 7.24. The Bertz CT molecular complexity index is 1140. The standard InChI is InChI=1S/C26H30ClF5N4O2/c27-18-4-6-21(22(14-18)35-12-10-34(11-13-35)9-7-26(30,31)32)33-25(38)20-5-3-17(23(28)24(20)29)15-36-8-1-2-19(36)16-37/h3-6,14,19,37H,1-2,7-13,15-16H2,(H,33,38). The summed E-state index contributed by atoms with van der Waals surface area (Å²) in [5.74, 6) is -3.20. The summed E-state index contributed by atoms with van der Waals surface area (Å²) in [6.45, 7) is 2.26. The maximum Gasteiger partial charge on any atom is 0.390 e. The van der Waals surface area contributed by atoms with Crippen LogP contribution < -0.4 is 10.2 Å². The van der Waals surface area contributed by atoms with Crippen molar-refractivity contribution in [1.29, 1.82) is 0 Å². The Balaban J connectivity index is 1.45. The lowest BCUT2D eigenvalue weighted by molar-refractivity contribution is -0.138. The number of carbonyl (C=O) groups is 1. The predicted molar refractivity (Wildman–Crippen MR) is 136 cm³/mol. The third kappa shape index (κ3) is 6.93. The first-order valence-electron chi connectivity index (χ1n) is 12.5. The molecule has 2 aliphatic heterocycles. The smallest absolute Gasteiger partial charge is 0.390 e. The molecule has 0 bridgehead atoms. The van der Waals surface area contributed by atoms with Crippen molar-refractivity contribution < 1.29 is 31.9 Å². The van der Waals surface area contributed by atoms with Crippen molar-refractivity contribution in [2.24, 2.45) is 0 Å². The Labute approximate surface area is 223 Å². The molecule has 38 heavy (non-hydrogen) atoms. The summed E-state index contributed by atoms with van der Waals surface area (Å²) in [5.41, 5.74) is 0.525. The molecule has 0 radical (unpaired) electrons. The highest BCUT2D eigenvalue weighted by molar-refractivity contribution is 6.31. The van der Waals surface area contributed by atoms with Crippen molar-refractivity contribution in [3.8, 4) is 0 Å². The summed E-state index contributed by atoms with van der Waals surface area (Å²) >= 11 is 6.17. The molecule has 1 atom stereocenters. The first kappa shape index (κ1) is 28.5.